The zero-order valence-corrected chi connectivity index (χ0v) is 24.4. The Bertz CT molecular complexity index is 1080. The molecule has 0 aromatic carbocycles. The van der Waals surface area contributed by atoms with E-state index in [0.717, 1.165) is 32.1 Å². The third kappa shape index (κ3) is 2.87. The van der Waals surface area contributed by atoms with E-state index >= 15 is 0 Å². The van der Waals surface area contributed by atoms with Gasteiger partial charge in [0.15, 0.2) is 5.79 Å². The summed E-state index contributed by atoms with van der Waals surface area (Å²) in [7, 11) is 0. The lowest BCUT2D eigenvalue weighted by molar-refractivity contribution is -0.395. The van der Waals surface area contributed by atoms with Crippen LogP contribution in [0.15, 0.2) is 11.6 Å². The molecule has 7 rings (SSSR count). The predicted octanol–water partition coefficient (Wildman–Crippen LogP) is 5.97. The van der Waals surface area contributed by atoms with Gasteiger partial charge in [-0.15, -0.1) is 0 Å². The normalized spacial score (nSPS) is 54.5. The first kappa shape index (κ1) is 26.8. The summed E-state index contributed by atoms with van der Waals surface area (Å²) in [6.07, 6.45) is 8.57. The maximum atomic E-state index is 13.2. The van der Waals surface area contributed by atoms with Gasteiger partial charge in [-0.25, -0.2) is 0 Å². The van der Waals surface area contributed by atoms with Crippen LogP contribution in [0.4, 0.5) is 0 Å². The molecule has 5 aliphatic carbocycles. The maximum absolute atomic E-state index is 13.2. The Hall–Kier alpha value is -1.40. The van der Waals surface area contributed by atoms with Crippen LogP contribution in [-0.2, 0) is 19.1 Å². The molecule has 0 aromatic heterocycles. The minimum absolute atomic E-state index is 0.0157. The molecular formula is C32H48O6. The highest BCUT2D eigenvalue weighted by Gasteiger charge is 2.75. The molecule has 0 amide bonds. The number of allylic oxidation sites excluding steroid dienone is 2. The summed E-state index contributed by atoms with van der Waals surface area (Å²) in [6.45, 7) is 15.8. The van der Waals surface area contributed by atoms with E-state index in [0.29, 0.717) is 37.7 Å². The first-order valence-electron chi connectivity index (χ1n) is 15.1. The van der Waals surface area contributed by atoms with Crippen molar-refractivity contribution in [2.24, 2.45) is 56.7 Å². The number of hydrogen-bond acceptors (Lipinski definition) is 5. The lowest BCUT2D eigenvalue weighted by Gasteiger charge is -2.74. The number of ether oxygens (including phenoxy) is 2. The van der Waals surface area contributed by atoms with Crippen molar-refractivity contribution in [2.45, 2.75) is 112 Å². The quantitative estimate of drug-likeness (QED) is 0.339. The van der Waals surface area contributed by atoms with Crippen molar-refractivity contribution in [3.05, 3.63) is 11.6 Å². The Kier molecular flexibility index (Phi) is 5.55. The van der Waals surface area contributed by atoms with Crippen molar-refractivity contribution in [3.63, 3.8) is 0 Å². The topological polar surface area (TPSA) is 93.1 Å². The number of esters is 1. The largest absolute Gasteiger partial charge is 0.481 e. The third-order valence-corrected chi connectivity index (χ3v) is 14.2. The molecule has 38 heavy (non-hydrogen) atoms. The van der Waals surface area contributed by atoms with Crippen molar-refractivity contribution in [1.29, 1.82) is 0 Å². The fourth-order valence-electron chi connectivity index (χ4n) is 11.7. The number of rotatable bonds is 2. The molecule has 4 saturated carbocycles. The molecule has 2 aliphatic heterocycles. The Morgan fingerprint density at radius 3 is 2.34 bits per heavy atom. The second kappa shape index (κ2) is 7.87. The van der Waals surface area contributed by atoms with Crippen LogP contribution >= 0.6 is 0 Å². The van der Waals surface area contributed by atoms with Crippen LogP contribution in [0, 0.1) is 56.7 Å². The van der Waals surface area contributed by atoms with E-state index in [2.05, 4.69) is 47.6 Å². The molecular weight excluding hydrogens is 480 g/mol. The minimum atomic E-state index is -1.07. The highest BCUT2D eigenvalue weighted by molar-refractivity contribution is 5.78. The molecule has 0 aromatic rings. The third-order valence-electron chi connectivity index (χ3n) is 14.2. The number of fused-ring (bicyclic) bond motifs is 7. The average Bonchev–Trinajstić information content (AvgIpc) is 2.83. The minimum Gasteiger partial charge on any atom is -0.481 e. The monoisotopic (exact) mass is 528 g/mol. The molecule has 2 N–H and O–H groups in total. The van der Waals surface area contributed by atoms with Gasteiger partial charge in [-0.05, 0) is 79.4 Å². The highest BCUT2D eigenvalue weighted by Crippen LogP contribution is 2.78. The molecule has 212 valence electrons. The van der Waals surface area contributed by atoms with Crippen LogP contribution in [0.25, 0.3) is 0 Å². The molecule has 6 fully saturated rings. The van der Waals surface area contributed by atoms with Crippen molar-refractivity contribution in [3.8, 4) is 0 Å². The van der Waals surface area contributed by atoms with Crippen LogP contribution < -0.4 is 0 Å². The summed E-state index contributed by atoms with van der Waals surface area (Å²) in [6, 6.07) is 0. The zero-order chi connectivity index (χ0) is 27.7. The Balaban J connectivity index is 1.47. The maximum Gasteiger partial charge on any atom is 0.314 e. The van der Waals surface area contributed by atoms with Crippen molar-refractivity contribution < 1.29 is 29.3 Å². The first-order chi connectivity index (χ1) is 17.6. The molecule has 1 unspecified atom stereocenters. The van der Waals surface area contributed by atoms with Crippen LogP contribution in [0.5, 0.6) is 0 Å². The lowest BCUT2D eigenvalue weighted by Crippen LogP contribution is -2.73. The number of carbonyl (C=O) groups is 2. The SMILES string of the molecule is CC(=O)O[C@@H]1C[C@@H](C)[C@H](C)[C@H]2C3=CC[C@@H]4[C@]56CC[C@@](O)(OC5)C(C)(C)C6CC[C@@]4(C)[C@]3(C)CC[C@]21C(=O)O. The lowest BCUT2D eigenvalue weighted by atomic mass is 9.32. The second-order valence-electron chi connectivity index (χ2n) is 15.3. The van der Waals surface area contributed by atoms with E-state index in [1.165, 1.54) is 12.5 Å². The Morgan fingerprint density at radius 2 is 1.74 bits per heavy atom. The van der Waals surface area contributed by atoms with Gasteiger partial charge in [-0.2, -0.15) is 0 Å². The van der Waals surface area contributed by atoms with Crippen LogP contribution in [-0.4, -0.2) is 40.6 Å². The predicted molar refractivity (Wildman–Crippen MR) is 143 cm³/mol. The summed E-state index contributed by atoms with van der Waals surface area (Å²) in [5.74, 6) is -1.05. The number of carboxylic acids is 1. The van der Waals surface area contributed by atoms with E-state index in [-0.39, 0.29) is 45.4 Å². The zero-order valence-electron chi connectivity index (χ0n) is 24.4. The molecule has 2 bridgehead atoms. The van der Waals surface area contributed by atoms with Gasteiger partial charge in [-0.3, -0.25) is 9.59 Å². The fraction of sp³-hybridized carbons (Fsp3) is 0.875. The van der Waals surface area contributed by atoms with Gasteiger partial charge in [0, 0.05) is 30.1 Å². The van der Waals surface area contributed by atoms with Crippen molar-refractivity contribution >= 4 is 11.9 Å². The van der Waals surface area contributed by atoms with E-state index in [9.17, 15) is 19.8 Å². The number of aliphatic carboxylic acids is 1. The molecule has 7 aliphatic rings. The summed E-state index contributed by atoms with van der Waals surface area (Å²) in [4.78, 5) is 25.4. The van der Waals surface area contributed by atoms with Crippen LogP contribution in [0.3, 0.4) is 0 Å². The van der Waals surface area contributed by atoms with Gasteiger partial charge in [0.25, 0.3) is 0 Å². The van der Waals surface area contributed by atoms with Crippen LogP contribution in [0.2, 0.25) is 0 Å². The van der Waals surface area contributed by atoms with Crippen molar-refractivity contribution in [1.82, 2.24) is 0 Å². The summed E-state index contributed by atoms with van der Waals surface area (Å²) in [5, 5.41) is 22.2. The molecule has 6 heteroatoms. The first-order valence-corrected chi connectivity index (χ1v) is 15.1. The fourth-order valence-corrected chi connectivity index (χ4v) is 11.7. The molecule has 6 nitrogen and oxygen atoms in total. The number of aliphatic hydroxyl groups is 1. The van der Waals surface area contributed by atoms with Crippen LogP contribution in [0.1, 0.15) is 99.8 Å². The molecule has 1 spiro atoms. The summed E-state index contributed by atoms with van der Waals surface area (Å²) in [5.41, 5.74) is -0.106. The van der Waals surface area contributed by atoms with Crippen molar-refractivity contribution in [2.75, 3.05) is 6.61 Å². The van der Waals surface area contributed by atoms with Gasteiger partial charge in [0.1, 0.15) is 11.5 Å². The molecule has 11 atom stereocenters. The van der Waals surface area contributed by atoms with Gasteiger partial charge in [0.05, 0.1) is 6.61 Å². The van der Waals surface area contributed by atoms with Gasteiger partial charge < -0.3 is 19.7 Å². The molecule has 2 heterocycles. The van der Waals surface area contributed by atoms with Gasteiger partial charge in [0.2, 0.25) is 0 Å². The number of carbonyl (C=O) groups excluding carboxylic acids is 1. The Labute approximate surface area is 227 Å². The van der Waals surface area contributed by atoms with E-state index in [1.54, 1.807) is 0 Å². The van der Waals surface area contributed by atoms with Gasteiger partial charge >= 0.3 is 11.9 Å². The van der Waals surface area contributed by atoms with E-state index in [1.807, 2.05) is 0 Å². The number of carboxylic acid groups (broad SMARTS) is 1. The standard InChI is InChI=1S/C32H48O6/c1-18-16-24(38-20(3)33)31(26(34)35)14-12-28(6)21(25(31)19(18)2)8-9-23-29(28,7)11-10-22-27(4,5)32(36)15-13-30(22,23)17-37-32/h8,18-19,22-25,36H,9-17H2,1-7H3,(H,34,35)/t18-,19+,22?,23+,24-,25+,28-,29-,30-,31-,32-/m1/s1. The summed E-state index contributed by atoms with van der Waals surface area (Å²) >= 11 is 0. The molecule has 2 saturated heterocycles. The summed E-state index contributed by atoms with van der Waals surface area (Å²) < 4.78 is 12.2. The van der Waals surface area contributed by atoms with E-state index < -0.39 is 23.3 Å². The second-order valence-corrected chi connectivity index (χ2v) is 15.3. The number of hydrogen-bond donors (Lipinski definition) is 2. The van der Waals surface area contributed by atoms with Gasteiger partial charge in [-0.1, -0.05) is 53.2 Å². The average molecular weight is 529 g/mol. The highest BCUT2D eigenvalue weighted by atomic mass is 16.6. The smallest absolute Gasteiger partial charge is 0.314 e. The molecule has 0 radical (unpaired) electrons. The Morgan fingerprint density at radius 1 is 1.03 bits per heavy atom. The van der Waals surface area contributed by atoms with E-state index in [4.69, 9.17) is 9.47 Å².